The first kappa shape index (κ1) is 15.3. The van der Waals surface area contributed by atoms with E-state index in [0.29, 0.717) is 17.4 Å². The summed E-state index contributed by atoms with van der Waals surface area (Å²) in [6.45, 7) is 1.14. The third kappa shape index (κ3) is 3.11. The largest absolute Gasteiger partial charge is 0.444 e. The predicted molar refractivity (Wildman–Crippen MR) is 89.7 cm³/mol. The molecule has 6 heteroatoms. The van der Waals surface area contributed by atoms with E-state index in [9.17, 15) is 0 Å². The van der Waals surface area contributed by atoms with Crippen molar-refractivity contribution in [1.82, 2.24) is 9.88 Å². The van der Waals surface area contributed by atoms with Crippen LogP contribution in [-0.2, 0) is 0 Å². The topological polar surface area (TPSA) is 65.1 Å². The molecule has 1 N–H and O–H groups in total. The number of hydrogen-bond acceptors (Lipinski definition) is 5. The minimum Gasteiger partial charge on any atom is -0.444 e. The molecule has 0 amide bonds. The zero-order valence-electron chi connectivity index (χ0n) is 12.8. The second-order valence-corrected chi connectivity index (χ2v) is 7.00. The predicted octanol–water partition coefficient (Wildman–Crippen LogP) is 3.60. The van der Waals surface area contributed by atoms with Gasteiger partial charge in [0.25, 0.3) is 0 Å². The molecule has 0 spiro atoms. The number of nitrogens with zero attached hydrogens (tertiary/aromatic N) is 3. The second-order valence-electron chi connectivity index (χ2n) is 6.20. The Balaban J connectivity index is 1.75. The summed E-state index contributed by atoms with van der Waals surface area (Å²) in [5.74, 6) is 1.88. The molecule has 3 rings (SSSR count). The average molecular weight is 363 g/mol. The third-order valence-corrected chi connectivity index (χ3v) is 4.93. The number of rotatable bonds is 4. The third-order valence-electron chi connectivity index (χ3n) is 4.13. The number of anilines is 1. The highest BCUT2D eigenvalue weighted by Crippen LogP contribution is 2.34. The molecule has 1 saturated carbocycles. The Morgan fingerprint density at radius 1 is 1.50 bits per heavy atom. The highest BCUT2D eigenvalue weighted by atomic mass is 79.9. The van der Waals surface area contributed by atoms with Gasteiger partial charge < -0.3 is 14.6 Å². The first-order valence-corrected chi connectivity index (χ1v) is 8.25. The van der Waals surface area contributed by atoms with E-state index in [2.05, 4.69) is 45.2 Å². The molecule has 0 aliphatic heterocycles. The summed E-state index contributed by atoms with van der Waals surface area (Å²) in [5.41, 5.74) is 0.630. The Hall–Kier alpha value is -1.58. The number of nitriles is 1. The fourth-order valence-corrected chi connectivity index (χ4v) is 3.74. The SMILES string of the molecule is CN(C)CC1CCC(Nc2ncc3oc(C#N)cc3c2Br)C1. The molecule has 0 aromatic carbocycles. The minimum atomic E-state index is 0.307. The van der Waals surface area contributed by atoms with Crippen LogP contribution in [0.15, 0.2) is 21.2 Å². The lowest BCUT2D eigenvalue weighted by atomic mass is 10.1. The van der Waals surface area contributed by atoms with E-state index in [4.69, 9.17) is 9.68 Å². The number of fused-ring (bicyclic) bond motifs is 1. The summed E-state index contributed by atoms with van der Waals surface area (Å²) in [6.07, 6.45) is 5.26. The molecule has 2 atom stereocenters. The maximum atomic E-state index is 8.93. The summed E-state index contributed by atoms with van der Waals surface area (Å²) >= 11 is 3.58. The molecule has 1 aliphatic rings. The first-order valence-electron chi connectivity index (χ1n) is 7.46. The monoisotopic (exact) mass is 362 g/mol. The zero-order valence-corrected chi connectivity index (χ0v) is 14.4. The maximum absolute atomic E-state index is 8.93. The average Bonchev–Trinajstić information content (AvgIpc) is 3.08. The van der Waals surface area contributed by atoms with Crippen molar-refractivity contribution in [2.24, 2.45) is 5.92 Å². The van der Waals surface area contributed by atoms with Crippen LogP contribution < -0.4 is 5.32 Å². The van der Waals surface area contributed by atoms with Crippen LogP contribution in [0.2, 0.25) is 0 Å². The molecule has 1 fully saturated rings. The van der Waals surface area contributed by atoms with Crippen LogP contribution in [-0.4, -0.2) is 36.6 Å². The van der Waals surface area contributed by atoms with Crippen LogP contribution in [0.3, 0.4) is 0 Å². The smallest absolute Gasteiger partial charge is 0.204 e. The number of hydrogen-bond donors (Lipinski definition) is 1. The molecule has 0 saturated heterocycles. The van der Waals surface area contributed by atoms with E-state index in [1.165, 1.54) is 19.3 Å². The van der Waals surface area contributed by atoms with Crippen LogP contribution in [0.4, 0.5) is 5.82 Å². The van der Waals surface area contributed by atoms with Gasteiger partial charge in [-0.05, 0) is 55.2 Å². The van der Waals surface area contributed by atoms with Crippen molar-refractivity contribution in [3.8, 4) is 6.07 Å². The van der Waals surface area contributed by atoms with Crippen LogP contribution in [0.5, 0.6) is 0 Å². The van der Waals surface area contributed by atoms with E-state index in [0.717, 1.165) is 28.1 Å². The van der Waals surface area contributed by atoms with Crippen molar-refractivity contribution in [2.45, 2.75) is 25.3 Å². The standard InChI is InChI=1S/C16H19BrN4O/c1-21(2)9-10-3-4-11(5-10)20-16-15(17)13-6-12(7-18)22-14(13)8-19-16/h6,8,10-11H,3-5,9H2,1-2H3,(H,19,20). The molecule has 116 valence electrons. The van der Waals surface area contributed by atoms with Crippen molar-refractivity contribution < 1.29 is 4.42 Å². The summed E-state index contributed by atoms with van der Waals surface area (Å²) in [5, 5.41) is 13.3. The molecule has 2 unspecified atom stereocenters. The fourth-order valence-electron chi connectivity index (χ4n) is 3.22. The minimum absolute atomic E-state index is 0.307. The van der Waals surface area contributed by atoms with E-state index >= 15 is 0 Å². The summed E-state index contributed by atoms with van der Waals surface area (Å²) in [6, 6.07) is 4.22. The lowest BCUT2D eigenvalue weighted by molar-refractivity contribution is 0.327. The number of nitrogens with one attached hydrogen (secondary N) is 1. The van der Waals surface area contributed by atoms with Crippen molar-refractivity contribution in [3.63, 3.8) is 0 Å². The fraction of sp³-hybridized carbons (Fsp3) is 0.500. The van der Waals surface area contributed by atoms with Gasteiger partial charge in [-0.15, -0.1) is 0 Å². The lowest BCUT2D eigenvalue weighted by Crippen LogP contribution is -2.22. The van der Waals surface area contributed by atoms with Gasteiger partial charge in [0.2, 0.25) is 5.76 Å². The van der Waals surface area contributed by atoms with Gasteiger partial charge in [-0.1, -0.05) is 0 Å². The molecule has 2 aromatic heterocycles. The van der Waals surface area contributed by atoms with E-state index in [1.807, 2.05) is 6.07 Å². The van der Waals surface area contributed by atoms with E-state index < -0.39 is 0 Å². The van der Waals surface area contributed by atoms with Gasteiger partial charge in [0.1, 0.15) is 11.9 Å². The van der Waals surface area contributed by atoms with Crippen molar-refractivity contribution >= 4 is 32.7 Å². The van der Waals surface area contributed by atoms with E-state index in [-0.39, 0.29) is 0 Å². The highest BCUT2D eigenvalue weighted by Gasteiger charge is 2.26. The summed E-state index contributed by atoms with van der Waals surface area (Å²) in [4.78, 5) is 6.68. The molecule has 22 heavy (non-hydrogen) atoms. The van der Waals surface area contributed by atoms with Gasteiger partial charge in [-0.2, -0.15) is 5.26 Å². The van der Waals surface area contributed by atoms with Crippen LogP contribution in [0, 0.1) is 17.2 Å². The number of furan rings is 1. The normalized spacial score (nSPS) is 21.4. The Bertz CT molecular complexity index is 719. The van der Waals surface area contributed by atoms with Gasteiger partial charge in [0.15, 0.2) is 5.58 Å². The summed E-state index contributed by atoms with van der Waals surface area (Å²) in [7, 11) is 4.25. The maximum Gasteiger partial charge on any atom is 0.204 e. The van der Waals surface area contributed by atoms with Gasteiger partial charge in [-0.25, -0.2) is 4.98 Å². The van der Waals surface area contributed by atoms with E-state index in [1.54, 1.807) is 12.3 Å². The molecular formula is C16H19BrN4O. The quantitative estimate of drug-likeness (QED) is 0.899. The van der Waals surface area contributed by atoms with Gasteiger partial charge >= 0.3 is 0 Å². The van der Waals surface area contributed by atoms with Crippen molar-refractivity contribution in [1.29, 1.82) is 5.26 Å². The van der Waals surface area contributed by atoms with Crippen LogP contribution >= 0.6 is 15.9 Å². The van der Waals surface area contributed by atoms with Crippen LogP contribution in [0.1, 0.15) is 25.0 Å². The zero-order chi connectivity index (χ0) is 15.7. The molecule has 2 heterocycles. The summed E-state index contributed by atoms with van der Waals surface area (Å²) < 4.78 is 6.26. The highest BCUT2D eigenvalue weighted by molar-refractivity contribution is 9.10. The molecular weight excluding hydrogens is 344 g/mol. The first-order chi connectivity index (χ1) is 10.6. The Labute approximate surface area is 138 Å². The Kier molecular flexibility index (Phi) is 4.37. The molecule has 0 bridgehead atoms. The molecule has 1 aliphatic carbocycles. The number of halogens is 1. The van der Waals surface area contributed by atoms with Gasteiger partial charge in [0, 0.05) is 24.0 Å². The molecule has 2 aromatic rings. The number of pyridine rings is 1. The molecule has 0 radical (unpaired) electrons. The lowest BCUT2D eigenvalue weighted by Gasteiger charge is -2.17. The number of aromatic nitrogens is 1. The Morgan fingerprint density at radius 2 is 2.32 bits per heavy atom. The second kappa shape index (κ2) is 6.27. The van der Waals surface area contributed by atoms with Crippen molar-refractivity contribution in [3.05, 3.63) is 22.5 Å². The Morgan fingerprint density at radius 3 is 3.05 bits per heavy atom. The van der Waals surface area contributed by atoms with Crippen LogP contribution in [0.25, 0.3) is 11.0 Å². The van der Waals surface area contributed by atoms with Gasteiger partial charge in [0.05, 0.1) is 10.7 Å². The van der Waals surface area contributed by atoms with Crippen molar-refractivity contribution in [2.75, 3.05) is 26.0 Å². The molecule has 5 nitrogen and oxygen atoms in total. The van der Waals surface area contributed by atoms with Gasteiger partial charge in [-0.3, -0.25) is 0 Å².